The van der Waals surface area contributed by atoms with E-state index < -0.39 is 5.60 Å². The molecule has 0 radical (unpaired) electrons. The summed E-state index contributed by atoms with van der Waals surface area (Å²) < 4.78 is 0. The highest BCUT2D eigenvalue weighted by Gasteiger charge is 2.54. The average Bonchev–Trinajstić information content (AvgIpc) is 3.34. The third-order valence-corrected chi connectivity index (χ3v) is 7.57. The predicted octanol–water partition coefficient (Wildman–Crippen LogP) is 3.02. The van der Waals surface area contributed by atoms with Crippen molar-refractivity contribution in [3.63, 3.8) is 0 Å². The number of carbonyl (C=O) groups excluding carboxylic acids is 1. The summed E-state index contributed by atoms with van der Waals surface area (Å²) >= 11 is 1.28. The highest BCUT2D eigenvalue weighted by molar-refractivity contribution is 7.13. The highest BCUT2D eigenvalue weighted by atomic mass is 32.1. The summed E-state index contributed by atoms with van der Waals surface area (Å²) in [6, 6.07) is 2.22. The maximum atomic E-state index is 13.0. The molecule has 2 unspecified atom stereocenters. The Morgan fingerprint density at radius 3 is 2.83 bits per heavy atom. The molecule has 7 rings (SSSR count). The molecule has 1 amide bonds. The number of fused-ring (bicyclic) bond motifs is 1. The van der Waals surface area contributed by atoms with E-state index in [2.05, 4.69) is 30.8 Å². The van der Waals surface area contributed by atoms with Crippen LogP contribution in [-0.4, -0.2) is 42.8 Å². The number of aliphatic hydroxyl groups is 1. The number of pyridine rings is 1. The van der Waals surface area contributed by atoms with E-state index in [9.17, 15) is 9.90 Å². The summed E-state index contributed by atoms with van der Waals surface area (Å²) in [4.78, 5) is 20.5. The minimum atomic E-state index is -0.478. The molecule has 4 aliphatic carbocycles. The lowest BCUT2D eigenvalue weighted by Gasteiger charge is -2.58. The van der Waals surface area contributed by atoms with Crippen LogP contribution in [0.3, 0.4) is 0 Å². The largest absolute Gasteiger partial charge is 0.390 e. The molecule has 4 aliphatic rings. The van der Waals surface area contributed by atoms with E-state index in [4.69, 9.17) is 0 Å². The molecule has 9 heteroatoms. The topological polar surface area (TPSA) is 116 Å². The number of H-pyrrole nitrogens is 1. The number of nitrogens with zero attached hydrogens (tertiary/aromatic N) is 3. The summed E-state index contributed by atoms with van der Waals surface area (Å²) in [5.74, 6) is 1.27. The monoisotopic (exact) mass is 410 g/mol. The molecule has 0 aliphatic heterocycles. The van der Waals surface area contributed by atoms with Crippen LogP contribution in [0.4, 0.5) is 10.8 Å². The van der Waals surface area contributed by atoms with Gasteiger partial charge in [-0.25, -0.2) is 4.98 Å². The molecule has 4 N–H and O–H groups in total. The third kappa shape index (κ3) is 2.83. The van der Waals surface area contributed by atoms with E-state index in [1.165, 1.54) is 11.3 Å². The number of anilines is 2. The van der Waals surface area contributed by atoms with Gasteiger partial charge in [-0.15, -0.1) is 10.2 Å². The molecule has 0 saturated heterocycles. The van der Waals surface area contributed by atoms with Crippen LogP contribution in [0.15, 0.2) is 24.0 Å². The SMILES string of the molecule is O=C(Nc1nncs1)c1cnc2[nH]ccc2c1N[C@H]1C2CC3CC1C[C@@](O)(C3)C2. The second-order valence-electron chi connectivity index (χ2n) is 8.85. The zero-order valence-corrected chi connectivity index (χ0v) is 16.6. The van der Waals surface area contributed by atoms with Crippen LogP contribution in [0.5, 0.6) is 0 Å². The summed E-state index contributed by atoms with van der Waals surface area (Å²) in [5, 5.41) is 26.5. The zero-order chi connectivity index (χ0) is 19.6. The molecular formula is C20H22N6O2S. The fourth-order valence-corrected chi connectivity index (χ4v) is 6.55. The van der Waals surface area contributed by atoms with Gasteiger partial charge in [0.05, 0.1) is 16.9 Å². The second-order valence-corrected chi connectivity index (χ2v) is 9.68. The van der Waals surface area contributed by atoms with Crippen LogP contribution >= 0.6 is 11.3 Å². The normalized spacial score (nSPS) is 32.6. The van der Waals surface area contributed by atoms with Crippen molar-refractivity contribution in [1.82, 2.24) is 20.2 Å². The quantitative estimate of drug-likeness (QED) is 0.525. The number of hydrogen-bond donors (Lipinski definition) is 4. The maximum absolute atomic E-state index is 13.0. The molecule has 29 heavy (non-hydrogen) atoms. The van der Waals surface area contributed by atoms with Crippen LogP contribution in [0, 0.1) is 17.8 Å². The van der Waals surface area contributed by atoms with Crippen molar-refractivity contribution in [3.05, 3.63) is 29.5 Å². The molecule has 0 spiro atoms. The van der Waals surface area contributed by atoms with Crippen LogP contribution in [-0.2, 0) is 0 Å². The summed E-state index contributed by atoms with van der Waals surface area (Å²) in [5.41, 5.74) is 3.17. The first-order chi connectivity index (χ1) is 14.1. The standard InChI is InChI=1S/C20H22N6O2S/c27-18(25-19-26-23-9-29-19)14-8-22-17-13(1-2-21-17)16(14)24-15-11-3-10-4-12(15)7-20(28,5-10)6-11/h1-2,8-12,15,28H,3-7H2,(H2,21,22,24)(H,25,26,27)/t10?,11?,12?,15-,20+. The van der Waals surface area contributed by atoms with Crippen LogP contribution in [0.2, 0.25) is 0 Å². The molecule has 0 aromatic carbocycles. The van der Waals surface area contributed by atoms with Gasteiger partial charge in [0.1, 0.15) is 11.2 Å². The first-order valence-electron chi connectivity index (χ1n) is 10.1. The van der Waals surface area contributed by atoms with E-state index in [0.29, 0.717) is 28.4 Å². The second kappa shape index (κ2) is 6.24. The van der Waals surface area contributed by atoms with Gasteiger partial charge < -0.3 is 15.4 Å². The molecule has 3 aromatic heterocycles. The van der Waals surface area contributed by atoms with Gasteiger partial charge in [0, 0.05) is 23.8 Å². The molecule has 8 nitrogen and oxygen atoms in total. The maximum Gasteiger partial charge on any atom is 0.261 e. The predicted molar refractivity (Wildman–Crippen MR) is 110 cm³/mol. The Morgan fingerprint density at radius 1 is 1.28 bits per heavy atom. The third-order valence-electron chi connectivity index (χ3n) is 6.96. The minimum absolute atomic E-state index is 0.248. The molecule has 2 atom stereocenters. The fourth-order valence-electron chi connectivity index (χ4n) is 6.11. The van der Waals surface area contributed by atoms with Gasteiger partial charge in [0.15, 0.2) is 0 Å². The van der Waals surface area contributed by atoms with Crippen molar-refractivity contribution in [1.29, 1.82) is 0 Å². The fraction of sp³-hybridized carbons (Fsp3) is 0.500. The Hall–Kier alpha value is -2.52. The summed E-state index contributed by atoms with van der Waals surface area (Å²) in [6.07, 6.45) is 8.43. The van der Waals surface area contributed by atoms with Gasteiger partial charge >= 0.3 is 0 Å². The number of nitrogens with one attached hydrogen (secondary N) is 3. The van der Waals surface area contributed by atoms with Gasteiger partial charge in [-0.05, 0) is 55.9 Å². The van der Waals surface area contributed by atoms with Crippen molar-refractivity contribution in [3.8, 4) is 0 Å². The number of amides is 1. The number of aromatic amines is 1. The van der Waals surface area contributed by atoms with E-state index in [1.807, 2.05) is 12.3 Å². The Labute approximate surface area is 171 Å². The van der Waals surface area contributed by atoms with E-state index >= 15 is 0 Å². The lowest BCUT2D eigenvalue weighted by Crippen LogP contribution is -2.59. The molecule has 3 aromatic rings. The lowest BCUT2D eigenvalue weighted by molar-refractivity contribution is -0.129. The number of aromatic nitrogens is 4. The van der Waals surface area contributed by atoms with Gasteiger partial charge in [0.25, 0.3) is 5.91 Å². The van der Waals surface area contributed by atoms with E-state index in [-0.39, 0.29) is 11.9 Å². The smallest absolute Gasteiger partial charge is 0.261 e. The first-order valence-corrected chi connectivity index (χ1v) is 11.0. The van der Waals surface area contributed by atoms with Gasteiger partial charge in [-0.2, -0.15) is 0 Å². The Balaban J connectivity index is 1.36. The average molecular weight is 411 g/mol. The van der Waals surface area contributed by atoms with Gasteiger partial charge in [0.2, 0.25) is 5.13 Å². The van der Waals surface area contributed by atoms with Gasteiger partial charge in [-0.3, -0.25) is 10.1 Å². The highest BCUT2D eigenvalue weighted by Crippen LogP contribution is 2.56. The van der Waals surface area contributed by atoms with Gasteiger partial charge in [-0.1, -0.05) is 11.3 Å². The van der Waals surface area contributed by atoms with Crippen LogP contribution in [0.1, 0.15) is 42.5 Å². The minimum Gasteiger partial charge on any atom is -0.390 e. The molecule has 4 saturated carbocycles. The van der Waals surface area contributed by atoms with E-state index in [0.717, 1.165) is 48.8 Å². The molecule has 150 valence electrons. The Kier molecular flexibility index (Phi) is 3.73. The van der Waals surface area contributed by atoms with Crippen molar-refractivity contribution in [2.75, 3.05) is 10.6 Å². The molecule has 4 fully saturated rings. The first kappa shape index (κ1) is 17.3. The number of rotatable bonds is 4. The zero-order valence-electron chi connectivity index (χ0n) is 15.8. The van der Waals surface area contributed by atoms with Crippen LogP contribution < -0.4 is 10.6 Å². The van der Waals surface area contributed by atoms with Crippen LogP contribution in [0.25, 0.3) is 11.0 Å². The molecular weight excluding hydrogens is 388 g/mol. The molecule has 4 bridgehead atoms. The lowest BCUT2D eigenvalue weighted by atomic mass is 9.52. The molecule has 3 heterocycles. The summed E-state index contributed by atoms with van der Waals surface area (Å²) in [7, 11) is 0. The van der Waals surface area contributed by atoms with Crippen molar-refractivity contribution < 1.29 is 9.90 Å². The number of carbonyl (C=O) groups is 1. The Morgan fingerprint density at radius 2 is 2.10 bits per heavy atom. The summed E-state index contributed by atoms with van der Waals surface area (Å²) in [6.45, 7) is 0. The van der Waals surface area contributed by atoms with Crippen molar-refractivity contribution in [2.45, 2.75) is 43.7 Å². The van der Waals surface area contributed by atoms with E-state index in [1.54, 1.807) is 11.7 Å². The number of hydrogen-bond acceptors (Lipinski definition) is 7. The van der Waals surface area contributed by atoms with Crippen molar-refractivity contribution >= 4 is 39.1 Å². The van der Waals surface area contributed by atoms with Crippen molar-refractivity contribution in [2.24, 2.45) is 17.8 Å². The Bertz CT molecular complexity index is 1060.